The van der Waals surface area contributed by atoms with Gasteiger partial charge in [0.25, 0.3) is 5.91 Å². The molecule has 1 amide bonds. The molecule has 2 aromatic rings. The maximum atomic E-state index is 13.1. The van der Waals surface area contributed by atoms with Gasteiger partial charge in [-0.05, 0) is 70.7 Å². The molecule has 0 spiro atoms. The summed E-state index contributed by atoms with van der Waals surface area (Å²) in [5, 5.41) is 7.70. The number of carbonyl (C=O) groups excluding carboxylic acids is 1. The average Bonchev–Trinajstić information content (AvgIpc) is 3.39. The summed E-state index contributed by atoms with van der Waals surface area (Å²) < 4.78 is 0. The number of benzene rings is 1. The van der Waals surface area contributed by atoms with E-state index in [1.165, 1.54) is 18.4 Å². The van der Waals surface area contributed by atoms with E-state index in [1.54, 1.807) is 0 Å². The van der Waals surface area contributed by atoms with Crippen molar-refractivity contribution >= 4 is 16.8 Å². The molecule has 1 saturated carbocycles. The molecule has 1 aromatic heterocycles. The summed E-state index contributed by atoms with van der Waals surface area (Å²) in [5.41, 5.74) is 5.20. The Balaban J connectivity index is 1.72. The van der Waals surface area contributed by atoms with Crippen LogP contribution in [0.15, 0.2) is 18.2 Å². The smallest absolute Gasteiger partial charge is 0.252 e. The molecule has 0 bridgehead atoms. The Labute approximate surface area is 149 Å². The van der Waals surface area contributed by atoms with E-state index in [-0.39, 0.29) is 11.9 Å². The lowest BCUT2D eigenvalue weighted by Gasteiger charge is -2.28. The molecule has 1 aliphatic carbocycles. The average molecular weight is 337 g/mol. The van der Waals surface area contributed by atoms with Crippen LogP contribution in [-0.2, 0) is 0 Å². The summed E-state index contributed by atoms with van der Waals surface area (Å²) in [7, 11) is 0. The van der Waals surface area contributed by atoms with E-state index in [0.29, 0.717) is 12.0 Å². The van der Waals surface area contributed by atoms with Gasteiger partial charge in [0.2, 0.25) is 0 Å². The molecular formula is C21H27N3O. The molecule has 4 rings (SSSR count). The highest BCUT2D eigenvalue weighted by molar-refractivity contribution is 6.07. The van der Waals surface area contributed by atoms with Crippen LogP contribution in [0.5, 0.6) is 0 Å². The summed E-state index contributed by atoms with van der Waals surface area (Å²) in [6.45, 7) is 7.32. The monoisotopic (exact) mass is 337 g/mol. The van der Waals surface area contributed by atoms with Crippen LogP contribution < -0.4 is 10.6 Å². The largest absolute Gasteiger partial charge is 0.349 e. The third-order valence-corrected chi connectivity index (χ3v) is 5.47. The van der Waals surface area contributed by atoms with Gasteiger partial charge in [-0.15, -0.1) is 0 Å². The number of amides is 1. The van der Waals surface area contributed by atoms with Crippen molar-refractivity contribution in [3.05, 3.63) is 40.6 Å². The highest BCUT2D eigenvalue weighted by Crippen LogP contribution is 2.40. The number of nitrogens with zero attached hydrogens (tertiary/aromatic N) is 1. The number of hydrogen-bond donors (Lipinski definition) is 2. The van der Waals surface area contributed by atoms with Gasteiger partial charge in [-0.2, -0.15) is 0 Å². The molecule has 1 aromatic carbocycles. The van der Waals surface area contributed by atoms with Crippen LogP contribution in [0, 0.1) is 13.8 Å². The molecular weight excluding hydrogens is 310 g/mol. The SMILES string of the molecule is Cc1cc(C)c2nc(C3CC3)cc(C(=O)NC3CCNC(C)C3)c2c1. The maximum absolute atomic E-state index is 13.1. The molecule has 1 saturated heterocycles. The van der Waals surface area contributed by atoms with Crippen LogP contribution in [0.4, 0.5) is 0 Å². The highest BCUT2D eigenvalue weighted by Gasteiger charge is 2.28. The van der Waals surface area contributed by atoms with Crippen LogP contribution in [0.1, 0.15) is 65.7 Å². The zero-order valence-electron chi connectivity index (χ0n) is 15.4. The Bertz CT molecular complexity index is 825. The molecule has 2 atom stereocenters. The van der Waals surface area contributed by atoms with Crippen LogP contribution >= 0.6 is 0 Å². The number of rotatable bonds is 3. The van der Waals surface area contributed by atoms with Crippen LogP contribution in [0.25, 0.3) is 10.9 Å². The molecule has 2 fully saturated rings. The Hall–Kier alpha value is -1.94. The Morgan fingerprint density at radius 1 is 1.20 bits per heavy atom. The number of carbonyl (C=O) groups is 1. The fourth-order valence-electron chi connectivity index (χ4n) is 4.00. The molecule has 1 aliphatic heterocycles. The lowest BCUT2D eigenvalue weighted by molar-refractivity contribution is 0.0927. The predicted octanol–water partition coefficient (Wildman–Crippen LogP) is 3.60. The topological polar surface area (TPSA) is 54.0 Å². The Morgan fingerprint density at radius 3 is 2.72 bits per heavy atom. The van der Waals surface area contributed by atoms with Crippen molar-refractivity contribution in [1.82, 2.24) is 15.6 Å². The number of aryl methyl sites for hydroxylation is 2. The molecule has 2 N–H and O–H groups in total. The summed E-state index contributed by atoms with van der Waals surface area (Å²) in [6.07, 6.45) is 4.36. The zero-order valence-corrected chi connectivity index (χ0v) is 15.4. The molecule has 2 aliphatic rings. The van der Waals surface area contributed by atoms with Crippen LogP contribution in [0.2, 0.25) is 0 Å². The van der Waals surface area contributed by atoms with E-state index in [1.807, 2.05) is 6.07 Å². The molecule has 132 valence electrons. The van der Waals surface area contributed by atoms with Gasteiger partial charge in [0.15, 0.2) is 0 Å². The minimum atomic E-state index is 0.0541. The number of fused-ring (bicyclic) bond motifs is 1. The highest BCUT2D eigenvalue weighted by atomic mass is 16.1. The normalized spacial score (nSPS) is 23.6. The van der Waals surface area contributed by atoms with E-state index in [9.17, 15) is 4.79 Å². The van der Waals surface area contributed by atoms with Crippen molar-refractivity contribution in [3.63, 3.8) is 0 Å². The molecule has 4 nitrogen and oxygen atoms in total. The lowest BCUT2D eigenvalue weighted by Crippen LogP contribution is -2.46. The van der Waals surface area contributed by atoms with Gasteiger partial charge in [-0.25, -0.2) is 0 Å². The summed E-state index contributed by atoms with van der Waals surface area (Å²) in [6, 6.07) is 7.01. The van der Waals surface area contributed by atoms with E-state index in [2.05, 4.69) is 43.5 Å². The number of piperidine rings is 1. The maximum Gasteiger partial charge on any atom is 0.252 e. The van der Waals surface area contributed by atoms with Gasteiger partial charge in [0.05, 0.1) is 11.1 Å². The summed E-state index contributed by atoms with van der Waals surface area (Å²) >= 11 is 0. The number of nitrogens with one attached hydrogen (secondary N) is 2. The molecule has 2 unspecified atom stereocenters. The van der Waals surface area contributed by atoms with Crippen molar-refractivity contribution < 1.29 is 4.79 Å². The first-order valence-corrected chi connectivity index (χ1v) is 9.47. The van der Waals surface area contributed by atoms with E-state index in [0.717, 1.165) is 47.1 Å². The lowest BCUT2D eigenvalue weighted by atomic mass is 9.98. The van der Waals surface area contributed by atoms with E-state index < -0.39 is 0 Å². The van der Waals surface area contributed by atoms with Crippen molar-refractivity contribution in [3.8, 4) is 0 Å². The van der Waals surface area contributed by atoms with E-state index >= 15 is 0 Å². The number of pyridine rings is 1. The summed E-state index contributed by atoms with van der Waals surface area (Å²) in [5.74, 6) is 0.592. The van der Waals surface area contributed by atoms with Gasteiger partial charge < -0.3 is 10.6 Å². The van der Waals surface area contributed by atoms with Crippen molar-refractivity contribution in [2.75, 3.05) is 6.54 Å². The fraction of sp³-hybridized carbons (Fsp3) is 0.524. The van der Waals surface area contributed by atoms with E-state index in [4.69, 9.17) is 4.98 Å². The first kappa shape index (κ1) is 16.5. The summed E-state index contributed by atoms with van der Waals surface area (Å²) in [4.78, 5) is 18.0. The minimum Gasteiger partial charge on any atom is -0.349 e. The van der Waals surface area contributed by atoms with Gasteiger partial charge in [0, 0.05) is 29.1 Å². The fourth-order valence-corrected chi connectivity index (χ4v) is 4.00. The Kier molecular flexibility index (Phi) is 4.24. The van der Waals surface area contributed by atoms with Gasteiger partial charge >= 0.3 is 0 Å². The minimum absolute atomic E-state index is 0.0541. The van der Waals surface area contributed by atoms with Gasteiger partial charge in [-0.1, -0.05) is 11.6 Å². The van der Waals surface area contributed by atoms with Crippen LogP contribution in [0.3, 0.4) is 0 Å². The van der Waals surface area contributed by atoms with Gasteiger partial charge in [-0.3, -0.25) is 9.78 Å². The van der Waals surface area contributed by atoms with Crippen molar-refractivity contribution in [2.45, 2.75) is 64.5 Å². The third kappa shape index (κ3) is 3.40. The standard InChI is InChI=1S/C21H27N3O/c1-12-8-13(2)20-17(9-12)18(11-19(24-20)15-4-5-15)21(25)23-16-6-7-22-14(3)10-16/h8-9,11,14-16,22H,4-7,10H2,1-3H3,(H,23,25). The third-order valence-electron chi connectivity index (χ3n) is 5.47. The molecule has 25 heavy (non-hydrogen) atoms. The Morgan fingerprint density at radius 2 is 2.00 bits per heavy atom. The number of hydrogen-bond acceptors (Lipinski definition) is 3. The molecule has 2 heterocycles. The zero-order chi connectivity index (χ0) is 17.6. The second-order valence-electron chi connectivity index (χ2n) is 7.90. The second kappa shape index (κ2) is 6.41. The number of aromatic nitrogens is 1. The first-order valence-electron chi connectivity index (χ1n) is 9.47. The predicted molar refractivity (Wildman–Crippen MR) is 101 cm³/mol. The van der Waals surface area contributed by atoms with Crippen molar-refractivity contribution in [2.24, 2.45) is 0 Å². The second-order valence-corrected chi connectivity index (χ2v) is 7.90. The van der Waals surface area contributed by atoms with Crippen molar-refractivity contribution in [1.29, 1.82) is 0 Å². The van der Waals surface area contributed by atoms with Crippen LogP contribution in [-0.4, -0.2) is 29.5 Å². The molecule has 0 radical (unpaired) electrons. The molecule has 4 heteroatoms. The first-order chi connectivity index (χ1) is 12.0. The quantitative estimate of drug-likeness (QED) is 0.900. The van der Waals surface area contributed by atoms with Gasteiger partial charge in [0.1, 0.15) is 0 Å².